The molecule has 1 fully saturated rings. The Balaban J connectivity index is 2.07. The number of benzene rings is 1. The van der Waals surface area contributed by atoms with Crippen LogP contribution in [0.1, 0.15) is 62.3 Å². The third-order valence-electron chi connectivity index (χ3n) is 5.25. The van der Waals surface area contributed by atoms with E-state index in [1.54, 1.807) is 12.1 Å². The van der Waals surface area contributed by atoms with Gasteiger partial charge in [-0.2, -0.15) is 0 Å². The van der Waals surface area contributed by atoms with Crippen LogP contribution in [0.15, 0.2) is 52.2 Å². The average Bonchev–Trinajstić information content (AvgIpc) is 3.12. The van der Waals surface area contributed by atoms with Crippen molar-refractivity contribution in [3.8, 4) is 0 Å². The maximum Gasteiger partial charge on any atom is 0.251 e. The van der Waals surface area contributed by atoms with Crippen LogP contribution in [-0.2, 0) is 9.84 Å². The molecule has 27 heavy (non-hydrogen) atoms. The van der Waals surface area contributed by atoms with Gasteiger partial charge in [-0.25, -0.2) is 8.42 Å². The highest BCUT2D eigenvalue weighted by Crippen LogP contribution is 2.32. The van der Waals surface area contributed by atoms with Crippen LogP contribution in [0.4, 0.5) is 0 Å². The molecule has 1 aliphatic rings. The number of allylic oxidation sites excluding steroid dienone is 1. The first-order valence-corrected chi connectivity index (χ1v) is 11.4. The minimum Gasteiger partial charge on any atom is -0.322 e. The largest absolute Gasteiger partial charge is 0.322 e. The van der Waals surface area contributed by atoms with Crippen molar-refractivity contribution in [3.63, 3.8) is 0 Å². The summed E-state index contributed by atoms with van der Waals surface area (Å²) in [5, 5.41) is 0. The third-order valence-corrected chi connectivity index (χ3v) is 6.38. The molecule has 0 saturated heterocycles. The average molecular weight is 386 g/mol. The van der Waals surface area contributed by atoms with Gasteiger partial charge in [0.2, 0.25) is 0 Å². The molecule has 1 aliphatic carbocycles. The van der Waals surface area contributed by atoms with Crippen LogP contribution < -0.4 is 5.56 Å². The van der Waals surface area contributed by atoms with Crippen LogP contribution in [0.25, 0.3) is 5.57 Å². The highest BCUT2D eigenvalue weighted by Gasteiger charge is 2.17. The molecule has 1 aromatic heterocycles. The molecule has 0 bridgehead atoms. The van der Waals surface area contributed by atoms with Crippen molar-refractivity contribution in [2.45, 2.75) is 50.3 Å². The van der Waals surface area contributed by atoms with E-state index >= 15 is 0 Å². The zero-order chi connectivity index (χ0) is 19.6. The van der Waals surface area contributed by atoms with Gasteiger partial charge in [0.15, 0.2) is 9.84 Å². The van der Waals surface area contributed by atoms with Crippen LogP contribution in [0.3, 0.4) is 0 Å². The Morgan fingerprint density at radius 1 is 1.07 bits per heavy atom. The summed E-state index contributed by atoms with van der Waals surface area (Å²) in [6.07, 6.45) is 8.20. The number of aromatic nitrogens is 1. The molecule has 3 rings (SSSR count). The lowest BCUT2D eigenvalue weighted by Crippen LogP contribution is -2.15. The Labute approximate surface area is 161 Å². The van der Waals surface area contributed by atoms with E-state index < -0.39 is 9.84 Å². The van der Waals surface area contributed by atoms with Gasteiger partial charge in [0, 0.05) is 23.1 Å². The normalized spacial score (nSPS) is 16.2. The summed E-state index contributed by atoms with van der Waals surface area (Å²) in [7, 11) is -3.23. The van der Waals surface area contributed by atoms with Gasteiger partial charge >= 0.3 is 0 Å². The van der Waals surface area contributed by atoms with Gasteiger partial charge in [-0.15, -0.1) is 0 Å². The third kappa shape index (κ3) is 4.59. The first kappa shape index (κ1) is 19.6. The van der Waals surface area contributed by atoms with Crippen molar-refractivity contribution in [2.75, 3.05) is 6.26 Å². The van der Waals surface area contributed by atoms with Crippen molar-refractivity contribution in [3.05, 3.63) is 69.6 Å². The quantitative estimate of drug-likeness (QED) is 0.822. The van der Waals surface area contributed by atoms with Crippen LogP contribution >= 0.6 is 0 Å². The summed E-state index contributed by atoms with van der Waals surface area (Å²) in [5.41, 5.74) is 3.37. The van der Waals surface area contributed by atoms with Crippen molar-refractivity contribution < 1.29 is 8.42 Å². The summed E-state index contributed by atoms with van der Waals surface area (Å²) in [4.78, 5) is 15.8. The van der Waals surface area contributed by atoms with Gasteiger partial charge in [0.05, 0.1) is 4.90 Å². The first-order chi connectivity index (χ1) is 12.8. The Morgan fingerprint density at radius 2 is 1.70 bits per heavy atom. The topological polar surface area (TPSA) is 67.0 Å². The molecule has 0 aliphatic heterocycles. The number of hydrogen-bond donors (Lipinski definition) is 1. The smallest absolute Gasteiger partial charge is 0.251 e. The number of H-pyrrole nitrogens is 1. The predicted molar refractivity (Wildman–Crippen MR) is 110 cm³/mol. The molecule has 4 nitrogen and oxygen atoms in total. The standard InChI is InChI=1S/C22H27NO3S/c1-15(2)19-12-13-21(23-22(19)24)20(14-16-6-4-5-7-16)17-8-10-18(11-9-17)27(3,25)26/h8-16H,4-7H2,1-3H3,(H,23,24)/b20-14+. The van der Waals surface area contributed by atoms with Crippen LogP contribution in [0.2, 0.25) is 0 Å². The second kappa shape index (κ2) is 7.85. The molecule has 0 atom stereocenters. The molecule has 0 amide bonds. The summed E-state index contributed by atoms with van der Waals surface area (Å²) in [6.45, 7) is 4.01. The lowest BCUT2D eigenvalue weighted by molar-refractivity contribution is 0.602. The molecule has 0 unspecified atom stereocenters. The van der Waals surface area contributed by atoms with Crippen molar-refractivity contribution in [1.29, 1.82) is 0 Å². The summed E-state index contributed by atoms with van der Waals surface area (Å²) >= 11 is 0. The van der Waals surface area contributed by atoms with E-state index in [0.29, 0.717) is 10.8 Å². The zero-order valence-electron chi connectivity index (χ0n) is 16.2. The number of rotatable bonds is 5. The van der Waals surface area contributed by atoms with Gasteiger partial charge in [0.1, 0.15) is 0 Å². The predicted octanol–water partition coefficient (Wildman–Crippen LogP) is 4.52. The number of hydrogen-bond acceptors (Lipinski definition) is 3. The molecule has 0 radical (unpaired) electrons. The van der Waals surface area contributed by atoms with Gasteiger partial charge in [-0.1, -0.05) is 51.0 Å². The van der Waals surface area contributed by atoms with E-state index in [-0.39, 0.29) is 11.5 Å². The summed E-state index contributed by atoms with van der Waals surface area (Å²) in [5.74, 6) is 0.655. The van der Waals surface area contributed by atoms with Gasteiger partial charge < -0.3 is 4.98 Å². The second-order valence-corrected chi connectivity index (χ2v) is 9.75. The van der Waals surface area contributed by atoms with Gasteiger partial charge in [-0.3, -0.25) is 4.79 Å². The molecule has 144 valence electrons. The highest BCUT2D eigenvalue weighted by atomic mass is 32.2. The highest BCUT2D eigenvalue weighted by molar-refractivity contribution is 7.90. The van der Waals surface area contributed by atoms with E-state index in [1.807, 2.05) is 38.1 Å². The minimum absolute atomic E-state index is 0.0624. The first-order valence-electron chi connectivity index (χ1n) is 9.51. The van der Waals surface area contributed by atoms with Crippen LogP contribution in [0.5, 0.6) is 0 Å². The molecule has 1 saturated carbocycles. The zero-order valence-corrected chi connectivity index (χ0v) is 17.0. The van der Waals surface area contributed by atoms with Crippen LogP contribution in [0, 0.1) is 5.92 Å². The number of pyridine rings is 1. The number of aromatic amines is 1. The van der Waals surface area contributed by atoms with E-state index in [0.717, 1.165) is 35.2 Å². The van der Waals surface area contributed by atoms with E-state index in [9.17, 15) is 13.2 Å². The Hall–Kier alpha value is -2.14. The molecule has 1 heterocycles. The van der Waals surface area contributed by atoms with Crippen molar-refractivity contribution in [2.24, 2.45) is 5.92 Å². The molecule has 0 spiro atoms. The Kier molecular flexibility index (Phi) is 5.70. The summed E-state index contributed by atoms with van der Waals surface area (Å²) < 4.78 is 23.5. The second-order valence-electron chi connectivity index (χ2n) is 7.73. The van der Waals surface area contributed by atoms with Gasteiger partial charge in [-0.05, 0) is 48.4 Å². The fourth-order valence-electron chi connectivity index (χ4n) is 3.68. The van der Waals surface area contributed by atoms with Gasteiger partial charge in [0.25, 0.3) is 5.56 Å². The number of nitrogens with one attached hydrogen (secondary N) is 1. The summed E-state index contributed by atoms with van der Waals surface area (Å²) in [6, 6.07) is 10.8. The molecule has 1 aromatic carbocycles. The van der Waals surface area contributed by atoms with Crippen molar-refractivity contribution in [1.82, 2.24) is 4.98 Å². The lowest BCUT2D eigenvalue weighted by Gasteiger charge is -2.13. The maximum atomic E-state index is 12.5. The fourth-order valence-corrected chi connectivity index (χ4v) is 4.31. The van der Waals surface area contributed by atoms with E-state index in [4.69, 9.17) is 0 Å². The molecule has 2 aromatic rings. The van der Waals surface area contributed by atoms with E-state index in [2.05, 4.69) is 11.1 Å². The van der Waals surface area contributed by atoms with Crippen LogP contribution in [-0.4, -0.2) is 19.7 Å². The molecular weight excluding hydrogens is 358 g/mol. The fraction of sp³-hybridized carbons (Fsp3) is 0.409. The van der Waals surface area contributed by atoms with Crippen molar-refractivity contribution >= 4 is 15.4 Å². The molecule has 5 heteroatoms. The maximum absolute atomic E-state index is 12.5. The number of sulfone groups is 1. The molecule has 1 N–H and O–H groups in total. The minimum atomic E-state index is -3.23. The SMILES string of the molecule is CC(C)c1ccc(/C(=C/C2CCCC2)c2ccc(S(C)(=O)=O)cc2)[nH]c1=O. The monoisotopic (exact) mass is 385 g/mol. The Bertz CT molecular complexity index is 993. The molecular formula is C22H27NO3S. The Morgan fingerprint density at radius 3 is 2.22 bits per heavy atom. The van der Waals surface area contributed by atoms with E-state index in [1.165, 1.54) is 19.1 Å². The lowest BCUT2D eigenvalue weighted by atomic mass is 9.95.